The van der Waals surface area contributed by atoms with Crippen LogP contribution in [0.3, 0.4) is 0 Å². The number of rotatable bonds is 10. The summed E-state index contributed by atoms with van der Waals surface area (Å²) in [4.78, 5) is 0.352. The molecule has 1 aromatic carbocycles. The Hall–Kier alpha value is -0.950. The zero-order valence-corrected chi connectivity index (χ0v) is 13.9. The van der Waals surface area contributed by atoms with E-state index in [4.69, 9.17) is 4.74 Å². The van der Waals surface area contributed by atoms with Crippen LogP contribution in [-0.4, -0.2) is 35.2 Å². The van der Waals surface area contributed by atoms with Crippen molar-refractivity contribution in [2.75, 3.05) is 26.8 Å². The molecule has 120 valence electrons. The fourth-order valence-corrected chi connectivity index (χ4v) is 3.40. The first-order valence-electron chi connectivity index (χ1n) is 7.33. The van der Waals surface area contributed by atoms with E-state index in [0.717, 1.165) is 24.2 Å². The van der Waals surface area contributed by atoms with Gasteiger partial charge in [0.25, 0.3) is 0 Å². The molecule has 0 unspecified atom stereocenters. The summed E-state index contributed by atoms with van der Waals surface area (Å²) in [7, 11) is -1.62. The monoisotopic (exact) mass is 314 g/mol. The van der Waals surface area contributed by atoms with E-state index < -0.39 is 10.0 Å². The normalized spacial score (nSPS) is 11.8. The van der Waals surface area contributed by atoms with Gasteiger partial charge in [-0.1, -0.05) is 19.1 Å². The minimum atomic E-state index is -3.46. The van der Waals surface area contributed by atoms with Crippen LogP contribution in [-0.2, 0) is 21.3 Å². The van der Waals surface area contributed by atoms with Crippen LogP contribution in [0.5, 0.6) is 0 Å². The average Bonchev–Trinajstić information content (AvgIpc) is 2.45. The summed E-state index contributed by atoms with van der Waals surface area (Å²) in [5, 5.41) is 3.04. The van der Waals surface area contributed by atoms with Gasteiger partial charge in [-0.25, -0.2) is 13.1 Å². The molecule has 0 saturated carbocycles. The van der Waals surface area contributed by atoms with Gasteiger partial charge in [0.2, 0.25) is 10.0 Å². The lowest BCUT2D eigenvalue weighted by Gasteiger charge is -2.12. The maximum Gasteiger partial charge on any atom is 0.240 e. The van der Waals surface area contributed by atoms with Crippen molar-refractivity contribution >= 4 is 10.0 Å². The standard InChI is InChI=1S/C15H26N2O3S/c1-4-10-20-11-6-9-17-21(18,19)15-8-5-7-14(12-16-3)13(15)2/h5,7-8,16-17H,4,6,9-12H2,1-3H3. The lowest BCUT2D eigenvalue weighted by molar-refractivity contribution is 0.133. The first-order chi connectivity index (χ1) is 10.0. The van der Waals surface area contributed by atoms with Crippen molar-refractivity contribution in [2.24, 2.45) is 0 Å². The summed E-state index contributed by atoms with van der Waals surface area (Å²) in [5.74, 6) is 0. The minimum absolute atomic E-state index is 0.352. The first-order valence-corrected chi connectivity index (χ1v) is 8.81. The van der Waals surface area contributed by atoms with Gasteiger partial charge in [0.1, 0.15) is 0 Å². The lowest BCUT2D eigenvalue weighted by atomic mass is 10.1. The summed E-state index contributed by atoms with van der Waals surface area (Å²) >= 11 is 0. The van der Waals surface area contributed by atoms with Crippen molar-refractivity contribution < 1.29 is 13.2 Å². The number of nitrogens with one attached hydrogen (secondary N) is 2. The van der Waals surface area contributed by atoms with Crippen LogP contribution in [0, 0.1) is 6.92 Å². The summed E-state index contributed by atoms with van der Waals surface area (Å²) in [6.07, 6.45) is 1.65. The minimum Gasteiger partial charge on any atom is -0.381 e. The predicted molar refractivity (Wildman–Crippen MR) is 84.9 cm³/mol. The summed E-state index contributed by atoms with van der Waals surface area (Å²) in [5.41, 5.74) is 1.79. The lowest BCUT2D eigenvalue weighted by Crippen LogP contribution is -2.26. The van der Waals surface area contributed by atoms with Gasteiger partial charge in [-0.3, -0.25) is 0 Å². The van der Waals surface area contributed by atoms with Gasteiger partial charge < -0.3 is 10.1 Å². The van der Waals surface area contributed by atoms with Gasteiger partial charge in [0, 0.05) is 26.3 Å². The largest absolute Gasteiger partial charge is 0.381 e. The number of hydrogen-bond acceptors (Lipinski definition) is 4. The highest BCUT2D eigenvalue weighted by atomic mass is 32.2. The van der Waals surface area contributed by atoms with Crippen LogP contribution in [0.4, 0.5) is 0 Å². The molecule has 6 heteroatoms. The van der Waals surface area contributed by atoms with Crippen molar-refractivity contribution in [3.05, 3.63) is 29.3 Å². The highest BCUT2D eigenvalue weighted by Gasteiger charge is 2.17. The van der Waals surface area contributed by atoms with E-state index in [2.05, 4.69) is 10.0 Å². The zero-order valence-electron chi connectivity index (χ0n) is 13.1. The molecule has 0 heterocycles. The maximum atomic E-state index is 12.3. The number of hydrogen-bond donors (Lipinski definition) is 2. The first kappa shape index (κ1) is 18.1. The van der Waals surface area contributed by atoms with Crippen LogP contribution >= 0.6 is 0 Å². The molecule has 0 atom stereocenters. The van der Waals surface area contributed by atoms with E-state index in [0.29, 0.717) is 31.0 Å². The Kier molecular flexibility index (Phi) is 7.88. The Labute approximate surface area is 128 Å². The van der Waals surface area contributed by atoms with Crippen LogP contribution in [0.2, 0.25) is 0 Å². The van der Waals surface area contributed by atoms with Gasteiger partial charge >= 0.3 is 0 Å². The molecule has 1 rings (SSSR count). The second kappa shape index (κ2) is 9.15. The van der Waals surface area contributed by atoms with Crippen LogP contribution in [0.25, 0.3) is 0 Å². The van der Waals surface area contributed by atoms with Crippen molar-refractivity contribution in [3.63, 3.8) is 0 Å². The molecule has 0 saturated heterocycles. The molecule has 0 bridgehead atoms. The third-order valence-electron chi connectivity index (χ3n) is 3.16. The van der Waals surface area contributed by atoms with E-state index in [1.54, 1.807) is 12.1 Å². The van der Waals surface area contributed by atoms with Gasteiger partial charge in [-0.2, -0.15) is 0 Å². The van der Waals surface area contributed by atoms with Crippen molar-refractivity contribution in [1.82, 2.24) is 10.0 Å². The molecule has 5 nitrogen and oxygen atoms in total. The summed E-state index contributed by atoms with van der Waals surface area (Å²) in [6.45, 7) is 6.23. The van der Waals surface area contributed by atoms with Crippen LogP contribution < -0.4 is 10.0 Å². The molecular formula is C15H26N2O3S. The Balaban J connectivity index is 2.64. The van der Waals surface area contributed by atoms with Crippen LogP contribution in [0.1, 0.15) is 30.9 Å². The smallest absolute Gasteiger partial charge is 0.240 e. The predicted octanol–water partition coefficient (Wildman–Crippen LogP) is 1.81. The Morgan fingerprint density at radius 1 is 1.24 bits per heavy atom. The SMILES string of the molecule is CCCOCCCNS(=O)(=O)c1cccc(CNC)c1C. The molecular weight excluding hydrogens is 288 g/mol. The quantitative estimate of drug-likeness (QED) is 0.646. The van der Waals surface area contributed by atoms with Crippen molar-refractivity contribution in [3.8, 4) is 0 Å². The number of ether oxygens (including phenoxy) is 1. The Morgan fingerprint density at radius 3 is 2.67 bits per heavy atom. The fraction of sp³-hybridized carbons (Fsp3) is 0.600. The highest BCUT2D eigenvalue weighted by molar-refractivity contribution is 7.89. The van der Waals surface area contributed by atoms with Gasteiger partial charge in [-0.15, -0.1) is 0 Å². The molecule has 0 aromatic heterocycles. The molecule has 0 fully saturated rings. The third-order valence-corrected chi connectivity index (χ3v) is 4.76. The second-order valence-corrected chi connectivity index (χ2v) is 6.67. The molecule has 0 spiro atoms. The molecule has 1 aromatic rings. The second-order valence-electron chi connectivity index (χ2n) is 4.93. The van der Waals surface area contributed by atoms with Gasteiger partial charge in [0.05, 0.1) is 4.90 Å². The van der Waals surface area contributed by atoms with E-state index >= 15 is 0 Å². The van der Waals surface area contributed by atoms with E-state index in [1.807, 2.05) is 27.0 Å². The fourth-order valence-electron chi connectivity index (χ4n) is 2.04. The van der Waals surface area contributed by atoms with Crippen molar-refractivity contribution in [1.29, 1.82) is 0 Å². The molecule has 0 aliphatic rings. The van der Waals surface area contributed by atoms with Crippen molar-refractivity contribution in [2.45, 2.75) is 38.1 Å². The van der Waals surface area contributed by atoms with E-state index in [1.165, 1.54) is 0 Å². The molecule has 21 heavy (non-hydrogen) atoms. The van der Waals surface area contributed by atoms with Crippen LogP contribution in [0.15, 0.2) is 23.1 Å². The van der Waals surface area contributed by atoms with Gasteiger partial charge in [-0.05, 0) is 44.0 Å². The average molecular weight is 314 g/mol. The molecule has 0 aliphatic carbocycles. The summed E-state index contributed by atoms with van der Waals surface area (Å²) < 4.78 is 32.6. The molecule has 0 aliphatic heterocycles. The third kappa shape index (κ3) is 5.74. The highest BCUT2D eigenvalue weighted by Crippen LogP contribution is 2.18. The summed E-state index contributed by atoms with van der Waals surface area (Å²) in [6, 6.07) is 5.35. The number of sulfonamides is 1. The van der Waals surface area contributed by atoms with Gasteiger partial charge in [0.15, 0.2) is 0 Å². The zero-order chi connectivity index (χ0) is 15.7. The van der Waals surface area contributed by atoms with E-state index in [-0.39, 0.29) is 0 Å². The molecule has 0 radical (unpaired) electrons. The molecule has 0 amide bonds. The topological polar surface area (TPSA) is 67.4 Å². The maximum absolute atomic E-state index is 12.3. The number of benzene rings is 1. The van der Waals surface area contributed by atoms with E-state index in [9.17, 15) is 8.42 Å². The Morgan fingerprint density at radius 2 is 2.00 bits per heavy atom. The molecule has 2 N–H and O–H groups in total. The Bertz CT molecular complexity index is 530.